The molecule has 0 saturated heterocycles. The number of amides is 2. The third kappa shape index (κ3) is 8.25. The number of aromatic nitrogens is 2. The first-order chi connectivity index (χ1) is 25.4. The predicted octanol–water partition coefficient (Wildman–Crippen LogP) is 5.16. The van der Waals surface area contributed by atoms with Crippen LogP contribution in [0.15, 0.2) is 54.1 Å². The lowest BCUT2D eigenvalue weighted by molar-refractivity contribution is -0.172. The van der Waals surface area contributed by atoms with Gasteiger partial charge in [-0.3, -0.25) is 14.6 Å². The summed E-state index contributed by atoms with van der Waals surface area (Å²) in [6.45, 7) is -1.31. The van der Waals surface area contributed by atoms with E-state index in [0.717, 1.165) is 23.2 Å². The summed E-state index contributed by atoms with van der Waals surface area (Å²) in [6, 6.07) is 4.36. The number of alkyl halides is 6. The van der Waals surface area contributed by atoms with Gasteiger partial charge in [-0.2, -0.15) is 30.7 Å². The number of hydrogen-bond acceptors (Lipinski definition) is 10. The molecule has 292 valence electrons. The summed E-state index contributed by atoms with van der Waals surface area (Å²) in [5.74, 6) is -6.49. The maximum atomic E-state index is 15.4. The van der Waals surface area contributed by atoms with E-state index in [2.05, 4.69) is 15.3 Å². The van der Waals surface area contributed by atoms with Crippen LogP contribution in [0.25, 0.3) is 11.3 Å². The largest absolute Gasteiger partial charge is 0.509 e. The molecule has 5 rings (SSSR count). The first kappa shape index (κ1) is 40.3. The molecule has 2 aliphatic rings. The van der Waals surface area contributed by atoms with E-state index < -0.39 is 106 Å². The van der Waals surface area contributed by atoms with Crippen molar-refractivity contribution in [2.24, 2.45) is 0 Å². The Labute approximate surface area is 301 Å². The number of rotatable bonds is 13. The predicted molar refractivity (Wildman–Crippen MR) is 171 cm³/mol. The monoisotopic (exact) mass is 775 g/mol. The highest BCUT2D eigenvalue weighted by atomic mass is 19.4. The number of nitrogens with zero attached hydrogens (tertiary/aromatic N) is 4. The first-order valence-electron chi connectivity index (χ1n) is 16.3. The SMILES string of the molecule is CN1N(Cc2ccc(OCCCOC[C@H](O)CO)c(F)c2F)C(=O)C(C(=O)Nc2ccc(C(F)(F)F)cc2-c2cc(C(F)(F)F)ncn2)=C(O)C12CCC2. The van der Waals surface area contributed by atoms with E-state index in [1.54, 1.807) is 0 Å². The highest BCUT2D eigenvalue weighted by Crippen LogP contribution is 2.47. The molecule has 3 aromatic rings. The minimum atomic E-state index is -5.00. The van der Waals surface area contributed by atoms with Crippen molar-refractivity contribution in [2.45, 2.75) is 56.2 Å². The van der Waals surface area contributed by atoms with Crippen LogP contribution < -0.4 is 10.1 Å². The number of nitrogens with one attached hydrogen (secondary N) is 1. The zero-order chi connectivity index (χ0) is 39.6. The summed E-state index contributed by atoms with van der Waals surface area (Å²) in [4.78, 5) is 34.4. The van der Waals surface area contributed by atoms with Crippen molar-refractivity contribution in [3.8, 4) is 17.0 Å². The van der Waals surface area contributed by atoms with Crippen LogP contribution in [0.1, 0.15) is 42.5 Å². The molecule has 20 heteroatoms. The van der Waals surface area contributed by atoms with Crippen LogP contribution in [-0.4, -0.2) is 92.2 Å². The fraction of sp³-hybridized carbons (Fsp3) is 0.412. The molecule has 1 saturated carbocycles. The number of likely N-dealkylation sites (N-methyl/N-ethyl adjacent to an activating group) is 1. The molecule has 1 fully saturated rings. The third-order valence-corrected chi connectivity index (χ3v) is 9.00. The number of ether oxygens (including phenoxy) is 2. The maximum absolute atomic E-state index is 15.4. The van der Waals surface area contributed by atoms with Gasteiger partial charge in [0, 0.05) is 31.2 Å². The number of benzene rings is 2. The normalized spacial score (nSPS) is 16.8. The Kier molecular flexibility index (Phi) is 11.8. The summed E-state index contributed by atoms with van der Waals surface area (Å²) in [7, 11) is 1.39. The van der Waals surface area contributed by atoms with E-state index in [9.17, 15) is 46.1 Å². The van der Waals surface area contributed by atoms with E-state index >= 15 is 8.78 Å². The molecule has 1 aliphatic carbocycles. The third-order valence-electron chi connectivity index (χ3n) is 9.00. The molecule has 2 heterocycles. The summed E-state index contributed by atoms with van der Waals surface area (Å²) < 4.78 is 122. The van der Waals surface area contributed by atoms with Gasteiger partial charge in [-0.25, -0.2) is 19.4 Å². The second kappa shape index (κ2) is 15.8. The Morgan fingerprint density at radius 2 is 1.74 bits per heavy atom. The fourth-order valence-electron chi connectivity index (χ4n) is 5.91. The minimum absolute atomic E-state index is 0.0838. The molecular weight excluding hydrogens is 742 g/mol. The van der Waals surface area contributed by atoms with Crippen LogP contribution in [0.4, 0.5) is 40.8 Å². The molecule has 4 N–H and O–H groups in total. The van der Waals surface area contributed by atoms with Gasteiger partial charge in [0.05, 0.1) is 48.8 Å². The van der Waals surface area contributed by atoms with Crippen LogP contribution in [-0.2, 0) is 33.2 Å². The molecule has 0 unspecified atom stereocenters. The number of carbonyl (C=O) groups excluding carboxylic acids is 2. The number of halogens is 8. The van der Waals surface area contributed by atoms with Crippen molar-refractivity contribution < 1.29 is 69.5 Å². The van der Waals surface area contributed by atoms with Gasteiger partial charge < -0.3 is 30.1 Å². The van der Waals surface area contributed by atoms with Crippen molar-refractivity contribution in [3.05, 3.63) is 82.5 Å². The van der Waals surface area contributed by atoms with Crippen molar-refractivity contribution in [3.63, 3.8) is 0 Å². The lowest BCUT2D eigenvalue weighted by Gasteiger charge is -2.54. The van der Waals surface area contributed by atoms with E-state index in [1.165, 1.54) is 12.1 Å². The van der Waals surface area contributed by atoms with Gasteiger partial charge in [0.1, 0.15) is 29.5 Å². The summed E-state index contributed by atoms with van der Waals surface area (Å²) in [5.41, 5.74) is -7.15. The quantitative estimate of drug-likeness (QED) is 0.104. The molecule has 1 aliphatic heterocycles. The van der Waals surface area contributed by atoms with Crippen LogP contribution in [0, 0.1) is 11.6 Å². The van der Waals surface area contributed by atoms with Crippen LogP contribution in [0.5, 0.6) is 5.75 Å². The maximum Gasteiger partial charge on any atom is 0.433 e. The van der Waals surface area contributed by atoms with Gasteiger partial charge in [-0.05, 0) is 49.6 Å². The number of carbonyl (C=O) groups is 2. The van der Waals surface area contributed by atoms with E-state index in [-0.39, 0.29) is 44.6 Å². The molecule has 1 aromatic heterocycles. The Morgan fingerprint density at radius 1 is 1.02 bits per heavy atom. The smallest absolute Gasteiger partial charge is 0.433 e. The van der Waals surface area contributed by atoms with Crippen molar-refractivity contribution in [1.29, 1.82) is 0 Å². The van der Waals surface area contributed by atoms with E-state index in [1.807, 2.05) is 0 Å². The zero-order valence-electron chi connectivity index (χ0n) is 28.3. The van der Waals surface area contributed by atoms with E-state index in [4.69, 9.17) is 14.6 Å². The molecule has 54 heavy (non-hydrogen) atoms. The van der Waals surface area contributed by atoms with Crippen LogP contribution in [0.3, 0.4) is 0 Å². The van der Waals surface area contributed by atoms with Crippen molar-refractivity contribution in [2.75, 3.05) is 38.8 Å². The second-order valence-electron chi connectivity index (χ2n) is 12.5. The summed E-state index contributed by atoms with van der Waals surface area (Å²) >= 11 is 0. The Bertz CT molecular complexity index is 1920. The Hall–Kier alpha value is -4.92. The standard InChI is InChI=1S/C34H33F8N5O7/c1-46-32(8-2-9-32)29(50)26(31(52)47(46)14-18-4-7-24(28(36)27(18)35)54-11-3-10-53-16-20(49)15-48)30(51)45-22-6-5-19(33(37,38)39)12-21(22)23-13-25(34(40,41)42)44-17-43-23/h4-7,12-13,17,20,48-50H,2-3,8-11,14-16H2,1H3,(H,45,51)/t20-/m1/s1. The van der Waals surface area contributed by atoms with Crippen molar-refractivity contribution in [1.82, 2.24) is 20.0 Å². The average molecular weight is 776 g/mol. The number of aliphatic hydroxyl groups is 3. The molecule has 2 amide bonds. The van der Waals surface area contributed by atoms with Gasteiger partial charge in [0.15, 0.2) is 11.6 Å². The van der Waals surface area contributed by atoms with Gasteiger partial charge in [0.2, 0.25) is 5.82 Å². The topological polar surface area (TPSA) is 158 Å². The van der Waals surface area contributed by atoms with Crippen LogP contribution in [0.2, 0.25) is 0 Å². The van der Waals surface area contributed by atoms with E-state index in [0.29, 0.717) is 30.9 Å². The summed E-state index contributed by atoms with van der Waals surface area (Å²) in [5, 5.41) is 33.8. The fourth-order valence-corrected chi connectivity index (χ4v) is 5.91. The average Bonchev–Trinajstić information content (AvgIpc) is 3.09. The van der Waals surface area contributed by atoms with Gasteiger partial charge in [-0.1, -0.05) is 6.07 Å². The number of aliphatic hydroxyl groups excluding tert-OH is 3. The molecule has 1 atom stereocenters. The molecule has 1 spiro atoms. The molecule has 12 nitrogen and oxygen atoms in total. The van der Waals surface area contributed by atoms with Crippen molar-refractivity contribution >= 4 is 17.5 Å². The Balaban J connectivity index is 1.41. The minimum Gasteiger partial charge on any atom is -0.509 e. The number of hydrazine groups is 1. The number of hydrogen-bond donors (Lipinski definition) is 4. The highest BCUT2D eigenvalue weighted by molar-refractivity contribution is 6.24. The molecule has 2 aromatic carbocycles. The molecule has 0 radical (unpaired) electrons. The molecular formula is C34H33F8N5O7. The van der Waals surface area contributed by atoms with Gasteiger partial charge >= 0.3 is 12.4 Å². The first-order valence-corrected chi connectivity index (χ1v) is 16.3. The van der Waals surface area contributed by atoms with Gasteiger partial charge in [0.25, 0.3) is 11.8 Å². The highest BCUT2D eigenvalue weighted by Gasteiger charge is 2.55. The zero-order valence-corrected chi connectivity index (χ0v) is 28.3. The van der Waals surface area contributed by atoms with Crippen LogP contribution >= 0.6 is 0 Å². The number of anilines is 1. The van der Waals surface area contributed by atoms with Gasteiger partial charge in [-0.15, -0.1) is 0 Å². The lowest BCUT2D eigenvalue weighted by atomic mass is 9.72. The summed E-state index contributed by atoms with van der Waals surface area (Å²) in [6.07, 6.45) is -9.41. The Morgan fingerprint density at radius 3 is 2.37 bits per heavy atom. The molecule has 0 bridgehead atoms. The lowest BCUT2D eigenvalue weighted by Crippen LogP contribution is -2.65. The second-order valence-corrected chi connectivity index (χ2v) is 12.5.